The Labute approximate surface area is 129 Å². The smallest absolute Gasteiger partial charge is 0.0704 e. The molecule has 1 N–H and O–H groups in total. The molecule has 0 aliphatic carbocycles. The molecule has 2 aromatic rings. The minimum atomic E-state index is 0.251. The van der Waals surface area contributed by atoms with Gasteiger partial charge in [-0.2, -0.15) is 0 Å². The fourth-order valence-corrected chi connectivity index (χ4v) is 4.41. The Morgan fingerprint density at radius 3 is 2.33 bits per heavy atom. The van der Waals surface area contributed by atoms with Crippen LogP contribution in [0.2, 0.25) is 0 Å². The summed E-state index contributed by atoms with van der Waals surface area (Å²) in [5, 5.41) is 3.42. The normalized spacial score (nSPS) is 12.7. The van der Waals surface area contributed by atoms with Crippen molar-refractivity contribution < 1.29 is 0 Å². The summed E-state index contributed by atoms with van der Waals surface area (Å²) in [5.74, 6) is 0. The molecule has 0 radical (unpaired) electrons. The van der Waals surface area contributed by atoms with Gasteiger partial charge in [-0.3, -0.25) is 0 Å². The van der Waals surface area contributed by atoms with Gasteiger partial charge in [-0.15, -0.1) is 11.3 Å². The molecule has 18 heavy (non-hydrogen) atoms. The summed E-state index contributed by atoms with van der Waals surface area (Å²) in [6.45, 7) is 4.32. The van der Waals surface area contributed by atoms with Crippen LogP contribution in [0.4, 0.5) is 0 Å². The Bertz CT molecular complexity index is 563. The molecule has 1 unspecified atom stereocenters. The molecule has 1 atom stereocenters. The summed E-state index contributed by atoms with van der Waals surface area (Å²) in [7, 11) is 2.01. The third-order valence-electron chi connectivity index (χ3n) is 3.07. The van der Waals surface area contributed by atoms with Crippen LogP contribution in [-0.4, -0.2) is 7.05 Å². The second kappa shape index (κ2) is 5.87. The predicted octanol–water partition coefficient (Wildman–Crippen LogP) is 5.20. The van der Waals surface area contributed by atoms with Crippen LogP contribution in [0.25, 0.3) is 0 Å². The molecule has 0 amide bonds. The number of hydrogen-bond acceptors (Lipinski definition) is 2. The topological polar surface area (TPSA) is 12.0 Å². The molecule has 0 aliphatic heterocycles. The van der Waals surface area contributed by atoms with Crippen LogP contribution >= 0.6 is 43.2 Å². The molecule has 0 aliphatic rings. The van der Waals surface area contributed by atoms with E-state index in [0.29, 0.717) is 0 Å². The molecule has 1 aromatic heterocycles. The van der Waals surface area contributed by atoms with Crippen LogP contribution in [0.1, 0.15) is 27.6 Å². The molecular weight excluding hydrogens is 374 g/mol. The van der Waals surface area contributed by atoms with E-state index in [0.717, 1.165) is 4.47 Å². The molecule has 1 heterocycles. The van der Waals surface area contributed by atoms with E-state index >= 15 is 0 Å². The third kappa shape index (κ3) is 2.87. The van der Waals surface area contributed by atoms with Crippen molar-refractivity contribution in [3.8, 4) is 0 Å². The Balaban J connectivity index is 2.48. The van der Waals surface area contributed by atoms with E-state index in [1.54, 1.807) is 11.3 Å². The molecule has 2 rings (SSSR count). The lowest BCUT2D eigenvalue weighted by atomic mass is 9.96. The molecule has 0 spiro atoms. The molecule has 1 aromatic carbocycles. The predicted molar refractivity (Wildman–Crippen MR) is 86.5 cm³/mol. The highest BCUT2D eigenvalue weighted by atomic mass is 79.9. The molecule has 4 heteroatoms. The van der Waals surface area contributed by atoms with Crippen molar-refractivity contribution in [2.24, 2.45) is 0 Å². The zero-order chi connectivity index (χ0) is 13.3. The summed E-state index contributed by atoms with van der Waals surface area (Å²) in [6, 6.07) is 8.91. The maximum atomic E-state index is 3.57. The standard InChI is InChI=1S/C14H15Br2NS/c1-8-6-10(15)4-5-11(8)14(17-3)12-7-13(16)18-9(12)2/h4-7,14,17H,1-3H3. The lowest BCUT2D eigenvalue weighted by Crippen LogP contribution is -2.18. The van der Waals surface area contributed by atoms with Crippen LogP contribution in [0.15, 0.2) is 32.5 Å². The van der Waals surface area contributed by atoms with E-state index in [9.17, 15) is 0 Å². The van der Waals surface area contributed by atoms with Gasteiger partial charge in [0.25, 0.3) is 0 Å². The summed E-state index contributed by atoms with van der Waals surface area (Å²) in [5.41, 5.74) is 3.97. The highest BCUT2D eigenvalue weighted by Crippen LogP contribution is 2.35. The number of hydrogen-bond donors (Lipinski definition) is 1. The van der Waals surface area contributed by atoms with E-state index in [1.807, 2.05) is 7.05 Å². The first-order valence-electron chi connectivity index (χ1n) is 5.72. The van der Waals surface area contributed by atoms with E-state index < -0.39 is 0 Å². The summed E-state index contributed by atoms with van der Waals surface area (Å²) < 4.78 is 2.31. The Morgan fingerprint density at radius 2 is 1.83 bits per heavy atom. The van der Waals surface area contributed by atoms with Crippen LogP contribution in [-0.2, 0) is 0 Å². The molecule has 1 nitrogen and oxygen atoms in total. The van der Waals surface area contributed by atoms with Crippen LogP contribution in [0, 0.1) is 13.8 Å². The minimum absolute atomic E-state index is 0.251. The maximum absolute atomic E-state index is 3.57. The van der Waals surface area contributed by atoms with Crippen molar-refractivity contribution in [2.45, 2.75) is 19.9 Å². The lowest BCUT2D eigenvalue weighted by Gasteiger charge is -2.19. The number of rotatable bonds is 3. The molecule has 96 valence electrons. The first-order chi connectivity index (χ1) is 8.52. The Kier molecular flexibility index (Phi) is 4.64. The van der Waals surface area contributed by atoms with Gasteiger partial charge < -0.3 is 5.32 Å². The highest BCUT2D eigenvalue weighted by molar-refractivity contribution is 9.11. The summed E-state index contributed by atoms with van der Waals surface area (Å²) in [4.78, 5) is 1.35. The van der Waals surface area contributed by atoms with Gasteiger partial charge in [0, 0.05) is 9.35 Å². The van der Waals surface area contributed by atoms with Crippen LogP contribution < -0.4 is 5.32 Å². The minimum Gasteiger partial charge on any atom is -0.309 e. The van der Waals surface area contributed by atoms with Gasteiger partial charge >= 0.3 is 0 Å². The number of aryl methyl sites for hydroxylation is 2. The first-order valence-corrected chi connectivity index (χ1v) is 8.12. The van der Waals surface area contributed by atoms with Gasteiger partial charge in [0.2, 0.25) is 0 Å². The number of thiophene rings is 1. The Hall–Kier alpha value is -0.160. The van der Waals surface area contributed by atoms with Crippen molar-refractivity contribution in [1.82, 2.24) is 5.32 Å². The first kappa shape index (κ1) is 14.3. The SMILES string of the molecule is CNC(c1ccc(Br)cc1C)c1cc(Br)sc1C. The lowest BCUT2D eigenvalue weighted by molar-refractivity contribution is 0.686. The summed E-state index contributed by atoms with van der Waals surface area (Å²) >= 11 is 8.87. The fourth-order valence-electron chi connectivity index (χ4n) is 2.19. The second-order valence-electron chi connectivity index (χ2n) is 4.28. The van der Waals surface area contributed by atoms with E-state index in [-0.39, 0.29) is 6.04 Å². The molecule has 0 fully saturated rings. The van der Waals surface area contributed by atoms with Crippen molar-refractivity contribution in [2.75, 3.05) is 7.05 Å². The van der Waals surface area contributed by atoms with E-state index in [1.165, 1.54) is 25.4 Å². The fraction of sp³-hybridized carbons (Fsp3) is 0.286. The van der Waals surface area contributed by atoms with E-state index in [4.69, 9.17) is 0 Å². The molecular formula is C14H15Br2NS. The number of benzene rings is 1. The quantitative estimate of drug-likeness (QED) is 0.761. The van der Waals surface area contributed by atoms with Gasteiger partial charge in [-0.25, -0.2) is 0 Å². The van der Waals surface area contributed by atoms with Crippen LogP contribution in [0.3, 0.4) is 0 Å². The number of nitrogens with one attached hydrogen (secondary N) is 1. The van der Waals surface area contributed by atoms with Gasteiger partial charge in [-0.05, 0) is 71.7 Å². The monoisotopic (exact) mass is 387 g/mol. The zero-order valence-electron chi connectivity index (χ0n) is 10.6. The summed E-state index contributed by atoms with van der Waals surface area (Å²) in [6.07, 6.45) is 0. The van der Waals surface area contributed by atoms with Gasteiger partial charge in [0.05, 0.1) is 9.83 Å². The second-order valence-corrected chi connectivity index (χ2v) is 7.84. The average molecular weight is 389 g/mol. The van der Waals surface area contributed by atoms with Crippen molar-refractivity contribution >= 4 is 43.2 Å². The van der Waals surface area contributed by atoms with Gasteiger partial charge in [-0.1, -0.05) is 22.0 Å². The average Bonchev–Trinajstić information content (AvgIpc) is 2.62. The zero-order valence-corrected chi connectivity index (χ0v) is 14.5. The largest absolute Gasteiger partial charge is 0.309 e. The molecule has 0 saturated carbocycles. The van der Waals surface area contributed by atoms with Gasteiger partial charge in [0.15, 0.2) is 0 Å². The third-order valence-corrected chi connectivity index (χ3v) is 5.13. The maximum Gasteiger partial charge on any atom is 0.0704 e. The Morgan fingerprint density at radius 1 is 1.11 bits per heavy atom. The van der Waals surface area contributed by atoms with Crippen molar-refractivity contribution in [1.29, 1.82) is 0 Å². The van der Waals surface area contributed by atoms with E-state index in [2.05, 4.69) is 75.3 Å². The van der Waals surface area contributed by atoms with Crippen molar-refractivity contribution in [3.05, 3.63) is 54.1 Å². The number of halogens is 2. The van der Waals surface area contributed by atoms with Gasteiger partial charge in [0.1, 0.15) is 0 Å². The highest BCUT2D eigenvalue weighted by Gasteiger charge is 2.18. The van der Waals surface area contributed by atoms with Crippen molar-refractivity contribution in [3.63, 3.8) is 0 Å². The van der Waals surface area contributed by atoms with Crippen LogP contribution in [0.5, 0.6) is 0 Å². The molecule has 0 saturated heterocycles. The molecule has 0 bridgehead atoms.